The van der Waals surface area contributed by atoms with Gasteiger partial charge in [-0.3, -0.25) is 19.7 Å². The van der Waals surface area contributed by atoms with Gasteiger partial charge in [-0.2, -0.15) is 0 Å². The fourth-order valence-corrected chi connectivity index (χ4v) is 2.13. The average Bonchev–Trinajstić information content (AvgIpc) is 2.86. The second-order valence-corrected chi connectivity index (χ2v) is 5.41. The number of nitro benzene ring substituents is 1. The molecular weight excluding hydrogens is 330 g/mol. The van der Waals surface area contributed by atoms with Gasteiger partial charge in [-0.1, -0.05) is 11.2 Å². The number of benzene rings is 1. The van der Waals surface area contributed by atoms with E-state index in [1.165, 1.54) is 31.2 Å². The van der Waals surface area contributed by atoms with E-state index in [1.54, 1.807) is 13.8 Å². The molecule has 0 bridgehead atoms. The fraction of sp³-hybridized carbons (Fsp3) is 0.312. The number of amides is 1. The molecule has 25 heavy (non-hydrogen) atoms. The van der Waals surface area contributed by atoms with E-state index >= 15 is 0 Å². The number of carbonyl (C=O) groups excluding carboxylic acids is 2. The van der Waals surface area contributed by atoms with Crippen molar-refractivity contribution in [2.45, 2.75) is 33.3 Å². The van der Waals surface area contributed by atoms with Crippen LogP contribution in [0.1, 0.15) is 23.9 Å². The molecule has 0 spiro atoms. The van der Waals surface area contributed by atoms with Crippen molar-refractivity contribution in [2.75, 3.05) is 5.32 Å². The van der Waals surface area contributed by atoms with Crippen LogP contribution in [0.25, 0.3) is 0 Å². The van der Waals surface area contributed by atoms with Crippen molar-refractivity contribution >= 4 is 23.3 Å². The number of anilines is 1. The van der Waals surface area contributed by atoms with Gasteiger partial charge in [-0.25, -0.2) is 0 Å². The fourth-order valence-electron chi connectivity index (χ4n) is 2.13. The molecule has 1 amide bonds. The second kappa shape index (κ2) is 7.56. The molecule has 0 saturated heterocycles. The number of nitrogens with zero attached hydrogens (tertiary/aromatic N) is 2. The standard InChI is InChI=1S/C16H17N3O6/c1-9-14(10(2)25-18-9)8-15(20)24-11(3)16(21)17-12-5-4-6-13(7-12)19(22)23/h4-7,11H,8H2,1-3H3,(H,17,21)/t11-/m1/s1. The quantitative estimate of drug-likeness (QED) is 0.483. The number of aryl methyl sites for hydroxylation is 2. The predicted octanol–water partition coefficient (Wildman–Crippen LogP) is 2.31. The van der Waals surface area contributed by atoms with E-state index in [1.807, 2.05) is 0 Å². The van der Waals surface area contributed by atoms with Crippen molar-refractivity contribution in [3.05, 3.63) is 51.4 Å². The van der Waals surface area contributed by atoms with Crippen LogP contribution in [-0.4, -0.2) is 28.1 Å². The first-order valence-corrected chi connectivity index (χ1v) is 7.44. The van der Waals surface area contributed by atoms with Crippen LogP contribution in [0, 0.1) is 24.0 Å². The van der Waals surface area contributed by atoms with Crippen molar-refractivity contribution in [1.82, 2.24) is 5.16 Å². The Bertz CT molecular complexity index is 794. The number of nitrogens with one attached hydrogen (secondary N) is 1. The molecule has 0 aliphatic heterocycles. The molecule has 0 unspecified atom stereocenters. The SMILES string of the molecule is Cc1noc(C)c1CC(=O)O[C@H](C)C(=O)Nc1cccc([N+](=O)[O-])c1. The zero-order chi connectivity index (χ0) is 18.6. The number of hydrogen-bond donors (Lipinski definition) is 1. The maximum atomic E-state index is 12.1. The summed E-state index contributed by atoms with van der Waals surface area (Å²) >= 11 is 0. The number of ether oxygens (including phenoxy) is 1. The van der Waals surface area contributed by atoms with E-state index in [4.69, 9.17) is 9.26 Å². The minimum absolute atomic E-state index is 0.0599. The van der Waals surface area contributed by atoms with Gasteiger partial charge in [0, 0.05) is 23.4 Å². The highest BCUT2D eigenvalue weighted by molar-refractivity contribution is 5.95. The minimum atomic E-state index is -1.06. The Balaban J connectivity index is 1.95. The van der Waals surface area contributed by atoms with E-state index < -0.39 is 22.9 Å². The van der Waals surface area contributed by atoms with E-state index in [2.05, 4.69) is 10.5 Å². The summed E-state index contributed by atoms with van der Waals surface area (Å²) in [5.41, 5.74) is 1.30. The maximum absolute atomic E-state index is 12.1. The van der Waals surface area contributed by atoms with Crippen LogP contribution in [0.4, 0.5) is 11.4 Å². The summed E-state index contributed by atoms with van der Waals surface area (Å²) in [6, 6.07) is 5.48. The van der Waals surface area contributed by atoms with E-state index in [0.29, 0.717) is 17.0 Å². The molecule has 0 aliphatic carbocycles. The lowest BCUT2D eigenvalue weighted by molar-refractivity contribution is -0.384. The second-order valence-electron chi connectivity index (χ2n) is 5.41. The first-order valence-electron chi connectivity index (χ1n) is 7.44. The smallest absolute Gasteiger partial charge is 0.311 e. The van der Waals surface area contributed by atoms with Crippen LogP contribution < -0.4 is 5.32 Å². The van der Waals surface area contributed by atoms with Crippen molar-refractivity contribution in [1.29, 1.82) is 0 Å². The number of aromatic nitrogens is 1. The first kappa shape index (κ1) is 18.1. The van der Waals surface area contributed by atoms with Crippen molar-refractivity contribution in [2.24, 2.45) is 0 Å². The Morgan fingerprint density at radius 3 is 2.72 bits per heavy atom. The minimum Gasteiger partial charge on any atom is -0.452 e. The van der Waals surface area contributed by atoms with Crippen molar-refractivity contribution < 1.29 is 23.8 Å². The van der Waals surface area contributed by atoms with Crippen molar-refractivity contribution in [3.63, 3.8) is 0 Å². The molecule has 1 aromatic carbocycles. The number of esters is 1. The van der Waals surface area contributed by atoms with Gasteiger partial charge in [-0.05, 0) is 26.8 Å². The molecule has 1 aromatic heterocycles. The average molecular weight is 347 g/mol. The maximum Gasteiger partial charge on any atom is 0.311 e. The van der Waals surface area contributed by atoms with Crippen molar-refractivity contribution in [3.8, 4) is 0 Å². The summed E-state index contributed by atoms with van der Waals surface area (Å²) in [7, 11) is 0. The molecule has 9 heteroatoms. The Labute approximate surface area is 143 Å². The number of rotatable bonds is 6. The Hall–Kier alpha value is -3.23. The van der Waals surface area contributed by atoms with Crippen LogP contribution in [0.5, 0.6) is 0 Å². The molecular formula is C16H17N3O6. The van der Waals surface area contributed by atoms with Gasteiger partial charge in [0.1, 0.15) is 5.76 Å². The molecule has 2 rings (SSSR count). The van der Waals surface area contributed by atoms with Crippen LogP contribution in [-0.2, 0) is 20.7 Å². The molecule has 0 aliphatic rings. The monoisotopic (exact) mass is 347 g/mol. The molecule has 0 saturated carbocycles. The highest BCUT2D eigenvalue weighted by Gasteiger charge is 2.21. The molecule has 9 nitrogen and oxygen atoms in total. The molecule has 0 fully saturated rings. The topological polar surface area (TPSA) is 125 Å². The Kier molecular flexibility index (Phi) is 5.48. The molecule has 1 heterocycles. The van der Waals surface area contributed by atoms with Gasteiger partial charge >= 0.3 is 5.97 Å². The summed E-state index contributed by atoms with van der Waals surface area (Å²) in [6.45, 7) is 4.80. The first-order chi connectivity index (χ1) is 11.8. The third kappa shape index (κ3) is 4.63. The van der Waals surface area contributed by atoms with Gasteiger partial charge in [0.25, 0.3) is 11.6 Å². The van der Waals surface area contributed by atoms with Gasteiger partial charge < -0.3 is 14.6 Å². The number of hydrogen-bond acceptors (Lipinski definition) is 7. The lowest BCUT2D eigenvalue weighted by Crippen LogP contribution is -2.30. The van der Waals surface area contributed by atoms with Crippen LogP contribution in [0.2, 0.25) is 0 Å². The largest absolute Gasteiger partial charge is 0.452 e. The van der Waals surface area contributed by atoms with E-state index in [0.717, 1.165) is 0 Å². The number of carbonyl (C=O) groups is 2. The zero-order valence-electron chi connectivity index (χ0n) is 13.9. The van der Waals surface area contributed by atoms with Crippen LogP contribution in [0.15, 0.2) is 28.8 Å². The normalized spacial score (nSPS) is 11.6. The highest BCUT2D eigenvalue weighted by atomic mass is 16.6. The van der Waals surface area contributed by atoms with Crippen LogP contribution >= 0.6 is 0 Å². The summed E-state index contributed by atoms with van der Waals surface area (Å²) in [5.74, 6) is -0.674. The van der Waals surface area contributed by atoms with Gasteiger partial charge in [0.05, 0.1) is 17.0 Å². The summed E-state index contributed by atoms with van der Waals surface area (Å²) in [6.07, 6.45) is -1.12. The number of nitro groups is 1. The van der Waals surface area contributed by atoms with Gasteiger partial charge in [-0.15, -0.1) is 0 Å². The lowest BCUT2D eigenvalue weighted by Gasteiger charge is -2.13. The molecule has 0 radical (unpaired) electrons. The summed E-state index contributed by atoms with van der Waals surface area (Å²) in [5, 5.41) is 17.0. The lowest BCUT2D eigenvalue weighted by atomic mass is 10.1. The molecule has 1 N–H and O–H groups in total. The molecule has 2 aromatic rings. The van der Waals surface area contributed by atoms with Crippen LogP contribution in [0.3, 0.4) is 0 Å². The molecule has 1 atom stereocenters. The van der Waals surface area contributed by atoms with Gasteiger partial charge in [0.2, 0.25) is 0 Å². The Morgan fingerprint density at radius 1 is 1.40 bits per heavy atom. The third-order valence-corrected chi connectivity index (χ3v) is 3.50. The highest BCUT2D eigenvalue weighted by Crippen LogP contribution is 2.18. The Morgan fingerprint density at radius 2 is 2.12 bits per heavy atom. The third-order valence-electron chi connectivity index (χ3n) is 3.50. The summed E-state index contributed by atoms with van der Waals surface area (Å²) in [4.78, 5) is 34.2. The van der Waals surface area contributed by atoms with Gasteiger partial charge in [0.15, 0.2) is 6.10 Å². The predicted molar refractivity (Wildman–Crippen MR) is 87.0 cm³/mol. The molecule has 132 valence electrons. The number of non-ortho nitro benzene ring substituents is 1. The zero-order valence-corrected chi connectivity index (χ0v) is 13.9. The van der Waals surface area contributed by atoms with E-state index in [9.17, 15) is 19.7 Å². The van der Waals surface area contributed by atoms with E-state index in [-0.39, 0.29) is 17.8 Å². The summed E-state index contributed by atoms with van der Waals surface area (Å²) < 4.78 is 10.1.